The van der Waals surface area contributed by atoms with Crippen LogP contribution in [0.2, 0.25) is 5.02 Å². The quantitative estimate of drug-likeness (QED) is 0.290. The molecule has 0 radical (unpaired) electrons. The van der Waals surface area contributed by atoms with E-state index >= 15 is 0 Å². The molecule has 2 aromatic heterocycles. The van der Waals surface area contributed by atoms with Crippen molar-refractivity contribution in [1.29, 1.82) is 0 Å². The Morgan fingerprint density at radius 2 is 1.86 bits per heavy atom. The van der Waals surface area contributed by atoms with E-state index in [0.717, 1.165) is 11.1 Å². The molecular formula is C31H33ClFN5O4. The Labute approximate surface area is 249 Å². The molecule has 1 aromatic carbocycles. The molecule has 2 saturated heterocycles. The van der Waals surface area contributed by atoms with Crippen LogP contribution in [-0.2, 0) is 14.3 Å². The summed E-state index contributed by atoms with van der Waals surface area (Å²) >= 11 is 6.09. The van der Waals surface area contributed by atoms with Crippen molar-refractivity contribution in [3.63, 3.8) is 0 Å². The van der Waals surface area contributed by atoms with Gasteiger partial charge in [-0.15, -0.1) is 0 Å². The van der Waals surface area contributed by atoms with Crippen LogP contribution >= 0.6 is 11.6 Å². The van der Waals surface area contributed by atoms with Gasteiger partial charge in [-0.05, 0) is 60.7 Å². The number of carbonyl (C=O) groups is 3. The Morgan fingerprint density at radius 3 is 2.45 bits per heavy atom. The standard InChI is InChI=1S/C31H33ClFN5O4/c1-4-19(2)26(28(39)42-3)36-30(41)37-15-11-31(12-16-37)27(38(29(31)40)22-6-7-24(33)23(32)17-22)25-8-5-21(18-35-25)20-9-13-34-14-10-20/h5-10,13-14,17-19,26-27H,4,11-12,15-16H2,1-3H3,(H,36,41)/t19?,26-,27?/m0/s1. The largest absolute Gasteiger partial charge is 0.467 e. The van der Waals surface area contributed by atoms with Crippen molar-refractivity contribution in [2.45, 2.75) is 45.2 Å². The monoisotopic (exact) mass is 593 g/mol. The molecule has 4 heterocycles. The van der Waals surface area contributed by atoms with E-state index in [1.807, 2.05) is 38.1 Å². The fourth-order valence-electron chi connectivity index (χ4n) is 5.87. The summed E-state index contributed by atoms with van der Waals surface area (Å²) in [5.74, 6) is -1.29. The highest BCUT2D eigenvalue weighted by molar-refractivity contribution is 6.31. The smallest absolute Gasteiger partial charge is 0.328 e. The summed E-state index contributed by atoms with van der Waals surface area (Å²) in [5, 5.41) is 2.75. The van der Waals surface area contributed by atoms with E-state index in [-0.39, 0.29) is 22.9 Å². The lowest BCUT2D eigenvalue weighted by Crippen LogP contribution is -2.67. The van der Waals surface area contributed by atoms with Gasteiger partial charge in [-0.2, -0.15) is 0 Å². The number of nitrogens with zero attached hydrogens (tertiary/aromatic N) is 4. The number of β-lactam (4-membered cyclic amide) rings is 1. The van der Waals surface area contributed by atoms with Crippen LogP contribution in [0.5, 0.6) is 0 Å². The number of hydrogen-bond acceptors (Lipinski definition) is 6. The predicted molar refractivity (Wildman–Crippen MR) is 156 cm³/mol. The Hall–Kier alpha value is -4.05. The van der Waals surface area contributed by atoms with Crippen molar-refractivity contribution in [2.75, 3.05) is 25.1 Å². The minimum absolute atomic E-state index is 0.0750. The number of urea groups is 1. The minimum atomic E-state index is -0.804. The first-order valence-corrected chi connectivity index (χ1v) is 14.4. The normalized spacial score (nSPS) is 19.2. The molecule has 5 rings (SSSR count). The number of pyridine rings is 2. The second-order valence-electron chi connectivity index (χ2n) is 10.9. The first kappa shape index (κ1) is 29.4. The zero-order chi connectivity index (χ0) is 30.0. The van der Waals surface area contributed by atoms with Crippen molar-refractivity contribution >= 4 is 35.2 Å². The highest BCUT2D eigenvalue weighted by Gasteiger charge is 2.63. The maximum absolute atomic E-state index is 14.0. The van der Waals surface area contributed by atoms with Crippen LogP contribution < -0.4 is 10.2 Å². The van der Waals surface area contributed by atoms with E-state index in [1.54, 1.807) is 28.4 Å². The second-order valence-corrected chi connectivity index (χ2v) is 11.3. The van der Waals surface area contributed by atoms with Crippen molar-refractivity contribution in [2.24, 2.45) is 11.3 Å². The van der Waals surface area contributed by atoms with Gasteiger partial charge in [0.2, 0.25) is 5.91 Å². The predicted octanol–water partition coefficient (Wildman–Crippen LogP) is 5.40. The number of piperidine rings is 1. The lowest BCUT2D eigenvalue weighted by atomic mass is 9.63. The maximum atomic E-state index is 14.0. The number of anilines is 1. The number of rotatable bonds is 7. The van der Waals surface area contributed by atoms with Gasteiger partial charge >= 0.3 is 12.0 Å². The van der Waals surface area contributed by atoms with Gasteiger partial charge in [0, 0.05) is 42.9 Å². The summed E-state index contributed by atoms with van der Waals surface area (Å²) < 4.78 is 18.9. The Bertz CT molecular complexity index is 1460. The summed E-state index contributed by atoms with van der Waals surface area (Å²) in [6.07, 6.45) is 6.67. The molecule has 2 aliphatic heterocycles. The number of halogens is 2. The van der Waals surface area contributed by atoms with Crippen molar-refractivity contribution in [3.8, 4) is 11.1 Å². The Balaban J connectivity index is 1.40. The van der Waals surface area contributed by atoms with Crippen molar-refractivity contribution in [1.82, 2.24) is 20.2 Å². The van der Waals surface area contributed by atoms with Gasteiger partial charge in [0.1, 0.15) is 11.9 Å². The fraction of sp³-hybridized carbons (Fsp3) is 0.387. The van der Waals surface area contributed by atoms with Gasteiger partial charge in [0.15, 0.2) is 0 Å². The lowest BCUT2D eigenvalue weighted by Gasteiger charge is -2.58. The Morgan fingerprint density at radius 1 is 1.14 bits per heavy atom. The molecule has 3 atom stereocenters. The highest BCUT2D eigenvalue weighted by atomic mass is 35.5. The molecule has 0 saturated carbocycles. The molecule has 1 spiro atoms. The number of esters is 1. The van der Waals surface area contributed by atoms with Crippen LogP contribution in [0.1, 0.15) is 44.8 Å². The number of methoxy groups -OCH3 is 1. The summed E-state index contributed by atoms with van der Waals surface area (Å²) in [6.45, 7) is 4.45. The van der Waals surface area contributed by atoms with Gasteiger partial charge in [0.05, 0.1) is 29.3 Å². The first-order valence-electron chi connectivity index (χ1n) is 14.0. The Kier molecular flexibility index (Phi) is 8.45. The summed E-state index contributed by atoms with van der Waals surface area (Å²) in [7, 11) is 1.30. The number of amides is 3. The fourth-order valence-corrected chi connectivity index (χ4v) is 6.05. The minimum Gasteiger partial charge on any atom is -0.467 e. The van der Waals surface area contributed by atoms with Crippen LogP contribution in [0.15, 0.2) is 61.1 Å². The van der Waals surface area contributed by atoms with Crippen LogP contribution in [0, 0.1) is 17.2 Å². The average Bonchev–Trinajstić information content (AvgIpc) is 3.03. The molecule has 2 aliphatic rings. The molecule has 11 heteroatoms. The van der Waals surface area contributed by atoms with Gasteiger partial charge in [-0.3, -0.25) is 14.8 Å². The molecule has 220 valence electrons. The number of aromatic nitrogens is 2. The number of ether oxygens (including phenoxy) is 1. The van der Waals surface area contributed by atoms with E-state index in [2.05, 4.69) is 10.3 Å². The summed E-state index contributed by atoms with van der Waals surface area (Å²) in [5.41, 5.74) is 2.24. The number of carbonyl (C=O) groups excluding carboxylic acids is 3. The van der Waals surface area contributed by atoms with Gasteiger partial charge in [0.25, 0.3) is 0 Å². The molecule has 9 nitrogen and oxygen atoms in total. The van der Waals surface area contributed by atoms with Gasteiger partial charge in [-0.1, -0.05) is 37.9 Å². The zero-order valence-electron chi connectivity index (χ0n) is 23.7. The maximum Gasteiger partial charge on any atom is 0.328 e. The average molecular weight is 594 g/mol. The van der Waals surface area contributed by atoms with Crippen molar-refractivity contribution in [3.05, 3.63) is 77.6 Å². The van der Waals surface area contributed by atoms with Gasteiger partial charge < -0.3 is 19.9 Å². The third-order valence-electron chi connectivity index (χ3n) is 8.58. The molecular weight excluding hydrogens is 561 g/mol. The van der Waals surface area contributed by atoms with E-state index in [0.29, 0.717) is 43.7 Å². The topological polar surface area (TPSA) is 105 Å². The molecule has 0 aliphatic carbocycles. The molecule has 2 unspecified atom stereocenters. The number of hydrogen-bond donors (Lipinski definition) is 1. The number of benzene rings is 1. The van der Waals surface area contributed by atoms with Crippen LogP contribution in [0.25, 0.3) is 11.1 Å². The molecule has 3 aromatic rings. The van der Waals surface area contributed by atoms with E-state index < -0.39 is 29.3 Å². The van der Waals surface area contributed by atoms with Crippen LogP contribution in [0.3, 0.4) is 0 Å². The summed E-state index contributed by atoms with van der Waals surface area (Å²) in [4.78, 5) is 51.5. The molecule has 42 heavy (non-hydrogen) atoms. The molecule has 1 N–H and O–H groups in total. The first-order chi connectivity index (χ1) is 20.2. The molecule has 0 bridgehead atoms. The zero-order valence-corrected chi connectivity index (χ0v) is 24.5. The molecule has 3 amide bonds. The molecule has 2 fully saturated rings. The lowest BCUT2D eigenvalue weighted by molar-refractivity contribution is -0.144. The van der Waals surface area contributed by atoms with E-state index in [9.17, 15) is 18.8 Å². The number of likely N-dealkylation sites (tertiary alicyclic amines) is 1. The van der Waals surface area contributed by atoms with Gasteiger partial charge in [-0.25, -0.2) is 14.0 Å². The SMILES string of the molecule is CCC(C)[C@H](NC(=O)N1CCC2(CC1)C(=O)N(c1ccc(F)c(Cl)c1)C2c1ccc(-c2ccncc2)cn1)C(=O)OC. The van der Waals surface area contributed by atoms with Crippen molar-refractivity contribution < 1.29 is 23.5 Å². The highest BCUT2D eigenvalue weighted by Crippen LogP contribution is 2.57. The van der Waals surface area contributed by atoms with E-state index in [1.165, 1.54) is 25.3 Å². The second kappa shape index (κ2) is 12.1. The van der Waals surface area contributed by atoms with Crippen LogP contribution in [-0.4, -0.2) is 59.0 Å². The van der Waals surface area contributed by atoms with E-state index in [4.69, 9.17) is 21.3 Å². The summed E-state index contributed by atoms with van der Waals surface area (Å²) in [6, 6.07) is 10.3. The number of nitrogens with one attached hydrogen (secondary N) is 1. The third-order valence-corrected chi connectivity index (χ3v) is 8.87. The third kappa shape index (κ3) is 5.31. The van der Waals surface area contributed by atoms with Crippen LogP contribution in [0.4, 0.5) is 14.9 Å².